The van der Waals surface area contributed by atoms with Gasteiger partial charge >= 0.3 is 5.51 Å². The number of hydrogen-bond acceptors (Lipinski definition) is 5. The van der Waals surface area contributed by atoms with Crippen molar-refractivity contribution in [3.05, 3.63) is 59.7 Å². The predicted molar refractivity (Wildman–Crippen MR) is 102 cm³/mol. The van der Waals surface area contributed by atoms with Crippen LogP contribution in [0.15, 0.2) is 53.4 Å². The molecule has 162 valence electrons. The topological polar surface area (TPSA) is 81.7 Å². The van der Waals surface area contributed by atoms with Crippen molar-refractivity contribution >= 4 is 15.7 Å². The van der Waals surface area contributed by atoms with E-state index in [0.717, 1.165) is 49.3 Å². The number of alkyl halides is 3. The van der Waals surface area contributed by atoms with Gasteiger partial charge < -0.3 is 14.8 Å². The zero-order valence-electron chi connectivity index (χ0n) is 15.8. The van der Waals surface area contributed by atoms with E-state index in [-0.39, 0.29) is 18.2 Å². The lowest BCUT2D eigenvalue weighted by Crippen LogP contribution is -2.24. The quantitative estimate of drug-likeness (QED) is 0.709. The largest absolute Gasteiger partial charge is 0.501 e. The summed E-state index contributed by atoms with van der Waals surface area (Å²) in [5.74, 6) is 0.145. The van der Waals surface area contributed by atoms with Crippen molar-refractivity contribution in [3.63, 3.8) is 0 Å². The van der Waals surface area contributed by atoms with Crippen molar-refractivity contribution in [1.29, 1.82) is 0 Å². The molecule has 1 unspecified atom stereocenters. The maximum atomic E-state index is 12.6. The molecule has 1 atom stereocenters. The fourth-order valence-electron chi connectivity index (χ4n) is 2.87. The van der Waals surface area contributed by atoms with E-state index in [1.807, 2.05) is 0 Å². The van der Waals surface area contributed by atoms with Gasteiger partial charge in [0.25, 0.3) is 15.7 Å². The molecule has 1 N–H and O–H groups in total. The van der Waals surface area contributed by atoms with Crippen LogP contribution in [0.25, 0.3) is 0 Å². The summed E-state index contributed by atoms with van der Waals surface area (Å²) < 4.78 is 71.5. The molecule has 1 heterocycles. The number of hydrogen-bond donors (Lipinski definition) is 1. The Morgan fingerprint density at radius 3 is 2.33 bits per heavy atom. The Hall–Kier alpha value is -2.59. The molecule has 10 heteroatoms. The molecule has 1 aliphatic heterocycles. The Balaban J connectivity index is 1.52. The summed E-state index contributed by atoms with van der Waals surface area (Å²) in [5.41, 5.74) is -4.55. The monoisotopic (exact) mass is 443 g/mol. The molecule has 30 heavy (non-hydrogen) atoms. The van der Waals surface area contributed by atoms with E-state index in [2.05, 4.69) is 5.32 Å². The number of nitrogens with one attached hydrogen (secondary N) is 1. The summed E-state index contributed by atoms with van der Waals surface area (Å²) in [7, 11) is -5.44. The average Bonchev–Trinajstić information content (AvgIpc) is 3.24. The Morgan fingerprint density at radius 2 is 1.77 bits per heavy atom. The molecular weight excluding hydrogens is 423 g/mol. The molecule has 1 fully saturated rings. The molecule has 0 aromatic heterocycles. The summed E-state index contributed by atoms with van der Waals surface area (Å²) in [4.78, 5) is 11.3. The number of ether oxygens (including phenoxy) is 2. The van der Waals surface area contributed by atoms with Gasteiger partial charge in [-0.05, 0) is 54.8 Å². The highest BCUT2D eigenvalue weighted by atomic mass is 32.2. The van der Waals surface area contributed by atoms with Crippen LogP contribution in [-0.2, 0) is 21.1 Å². The molecular formula is C20H20F3NO5S. The fourth-order valence-corrected chi connectivity index (χ4v) is 3.63. The first-order valence-electron chi connectivity index (χ1n) is 9.20. The number of halogens is 3. The third kappa shape index (κ3) is 5.31. The molecule has 0 radical (unpaired) electrons. The van der Waals surface area contributed by atoms with E-state index in [1.165, 1.54) is 0 Å². The molecule has 1 saturated heterocycles. The van der Waals surface area contributed by atoms with Crippen molar-refractivity contribution < 1.29 is 35.9 Å². The van der Waals surface area contributed by atoms with E-state index in [0.29, 0.717) is 12.4 Å². The second-order valence-corrected chi connectivity index (χ2v) is 8.69. The van der Waals surface area contributed by atoms with Gasteiger partial charge in [0.15, 0.2) is 0 Å². The molecule has 6 nitrogen and oxygen atoms in total. The van der Waals surface area contributed by atoms with Crippen LogP contribution < -0.4 is 10.1 Å². The summed E-state index contributed by atoms with van der Waals surface area (Å²) >= 11 is 0. The van der Waals surface area contributed by atoms with E-state index < -0.39 is 26.1 Å². The summed E-state index contributed by atoms with van der Waals surface area (Å²) in [6.45, 7) is 1.43. The van der Waals surface area contributed by atoms with Crippen molar-refractivity contribution in [2.75, 3.05) is 13.2 Å². The number of benzene rings is 2. The molecule has 2 aromatic rings. The van der Waals surface area contributed by atoms with Crippen LogP contribution in [-0.4, -0.2) is 39.2 Å². The van der Waals surface area contributed by atoms with Crippen LogP contribution in [0.4, 0.5) is 13.2 Å². The zero-order valence-corrected chi connectivity index (χ0v) is 16.6. The second-order valence-electron chi connectivity index (χ2n) is 6.75. The maximum Gasteiger partial charge on any atom is 0.501 e. The fraction of sp³-hybridized carbons (Fsp3) is 0.350. The van der Waals surface area contributed by atoms with Gasteiger partial charge in [-0.2, -0.15) is 13.2 Å². The third-order valence-electron chi connectivity index (χ3n) is 4.57. The van der Waals surface area contributed by atoms with Crippen LogP contribution in [0.2, 0.25) is 0 Å². The van der Waals surface area contributed by atoms with Gasteiger partial charge in [-0.1, -0.05) is 12.1 Å². The van der Waals surface area contributed by atoms with Gasteiger partial charge in [0.1, 0.15) is 12.4 Å². The van der Waals surface area contributed by atoms with Crippen LogP contribution >= 0.6 is 0 Å². The molecule has 0 bridgehead atoms. The number of sulfone groups is 1. The van der Waals surface area contributed by atoms with Crippen LogP contribution in [0.1, 0.15) is 28.8 Å². The minimum absolute atomic E-state index is 0.0487. The molecule has 2 aromatic carbocycles. The first-order chi connectivity index (χ1) is 14.2. The van der Waals surface area contributed by atoms with E-state index in [9.17, 15) is 26.4 Å². The minimum atomic E-state index is -5.44. The van der Waals surface area contributed by atoms with Gasteiger partial charge in [0.05, 0.1) is 11.0 Å². The van der Waals surface area contributed by atoms with Gasteiger partial charge in [-0.15, -0.1) is 0 Å². The Bertz CT molecular complexity index is 967. The number of amides is 1. The smallest absolute Gasteiger partial charge is 0.491 e. The minimum Gasteiger partial charge on any atom is -0.491 e. The Kier molecular flexibility index (Phi) is 6.67. The van der Waals surface area contributed by atoms with E-state index in [1.54, 1.807) is 24.3 Å². The number of carbonyl (C=O) groups is 1. The standard InChI is InChI=1S/C20H20F3NO5S/c21-20(22,23)30(26,27)18-9-5-15(6-10-18)19(25)24-12-14-3-7-16(8-4-14)29-13-17-2-1-11-28-17/h3-10,17H,1-2,11-13H2,(H,24,25). The van der Waals surface area contributed by atoms with Crippen LogP contribution in [0.3, 0.4) is 0 Å². The third-order valence-corrected chi connectivity index (χ3v) is 6.07. The molecule has 0 aliphatic carbocycles. The van der Waals surface area contributed by atoms with E-state index in [4.69, 9.17) is 9.47 Å². The molecule has 0 saturated carbocycles. The van der Waals surface area contributed by atoms with Gasteiger partial charge in [-0.3, -0.25) is 4.79 Å². The summed E-state index contributed by atoms with van der Waals surface area (Å²) in [6.07, 6.45) is 2.13. The van der Waals surface area contributed by atoms with Crippen LogP contribution in [0, 0.1) is 0 Å². The normalized spacial score (nSPS) is 17.0. The van der Waals surface area contributed by atoms with E-state index >= 15 is 0 Å². The molecule has 3 rings (SSSR count). The lowest BCUT2D eigenvalue weighted by atomic mass is 10.2. The molecule has 1 aliphatic rings. The highest BCUT2D eigenvalue weighted by Crippen LogP contribution is 2.30. The Labute approximate surface area is 171 Å². The van der Waals surface area contributed by atoms with Gasteiger partial charge in [-0.25, -0.2) is 8.42 Å². The first-order valence-corrected chi connectivity index (χ1v) is 10.7. The van der Waals surface area contributed by atoms with Gasteiger partial charge in [0.2, 0.25) is 0 Å². The summed E-state index contributed by atoms with van der Waals surface area (Å²) in [6, 6.07) is 10.7. The second kappa shape index (κ2) is 9.05. The van der Waals surface area contributed by atoms with Crippen LogP contribution in [0.5, 0.6) is 5.75 Å². The Morgan fingerprint density at radius 1 is 1.10 bits per heavy atom. The number of carbonyl (C=O) groups excluding carboxylic acids is 1. The zero-order chi connectivity index (χ0) is 21.8. The predicted octanol–water partition coefficient (Wildman–Crippen LogP) is 3.47. The van der Waals surface area contributed by atoms with Crippen molar-refractivity contribution in [2.45, 2.75) is 35.9 Å². The van der Waals surface area contributed by atoms with Crippen molar-refractivity contribution in [1.82, 2.24) is 5.32 Å². The lowest BCUT2D eigenvalue weighted by Gasteiger charge is -2.12. The highest BCUT2D eigenvalue weighted by molar-refractivity contribution is 7.92. The average molecular weight is 443 g/mol. The molecule has 0 spiro atoms. The number of rotatable bonds is 7. The van der Waals surface area contributed by atoms with Gasteiger partial charge in [0, 0.05) is 18.7 Å². The lowest BCUT2D eigenvalue weighted by molar-refractivity contribution is -0.0436. The maximum absolute atomic E-state index is 12.6. The summed E-state index contributed by atoms with van der Waals surface area (Å²) in [5, 5.41) is 2.63. The SMILES string of the molecule is O=C(NCc1ccc(OCC2CCCO2)cc1)c1ccc(S(=O)(=O)C(F)(F)F)cc1. The van der Waals surface area contributed by atoms with Crippen molar-refractivity contribution in [2.24, 2.45) is 0 Å². The van der Waals surface area contributed by atoms with Crippen molar-refractivity contribution in [3.8, 4) is 5.75 Å². The molecule has 1 amide bonds. The first kappa shape index (κ1) is 22.1. The highest BCUT2D eigenvalue weighted by Gasteiger charge is 2.46.